The zero-order chi connectivity index (χ0) is 32.1. The molecule has 236 valence electrons. The second-order valence-electron chi connectivity index (χ2n) is 12.5. The van der Waals surface area contributed by atoms with Crippen molar-refractivity contribution in [3.8, 4) is 0 Å². The van der Waals surface area contributed by atoms with E-state index in [0.717, 1.165) is 17.7 Å². The molecular formula is C29H31F6N7O2. The smallest absolute Gasteiger partial charge is 0.313 e. The van der Waals surface area contributed by atoms with E-state index < -0.39 is 46.6 Å². The van der Waals surface area contributed by atoms with E-state index in [0.29, 0.717) is 36.5 Å². The molecule has 2 N–H and O–H groups in total. The predicted octanol–water partition coefficient (Wildman–Crippen LogP) is 6.91. The molecule has 0 atom stereocenters. The van der Waals surface area contributed by atoms with E-state index in [2.05, 4.69) is 46.7 Å². The number of halogens is 6. The lowest BCUT2D eigenvalue weighted by atomic mass is 9.67. The highest BCUT2D eigenvalue weighted by Gasteiger charge is 2.52. The van der Waals surface area contributed by atoms with Gasteiger partial charge in [0, 0.05) is 17.8 Å². The van der Waals surface area contributed by atoms with Crippen LogP contribution in [0.15, 0.2) is 42.5 Å². The third-order valence-electron chi connectivity index (χ3n) is 8.64. The summed E-state index contributed by atoms with van der Waals surface area (Å²) in [5.74, 6) is -0.178. The number of urea groups is 1. The van der Waals surface area contributed by atoms with E-state index in [1.807, 2.05) is 0 Å². The van der Waals surface area contributed by atoms with Gasteiger partial charge in [0.25, 0.3) is 11.9 Å². The number of amides is 3. The summed E-state index contributed by atoms with van der Waals surface area (Å²) < 4.78 is 82.0. The molecule has 1 aliphatic carbocycles. The van der Waals surface area contributed by atoms with Crippen LogP contribution in [-0.2, 0) is 18.9 Å². The molecule has 5 rings (SSSR count). The van der Waals surface area contributed by atoms with Crippen molar-refractivity contribution in [1.82, 2.24) is 25.5 Å². The van der Waals surface area contributed by atoms with Crippen molar-refractivity contribution >= 4 is 23.6 Å². The Morgan fingerprint density at radius 1 is 0.977 bits per heavy atom. The first kappa shape index (κ1) is 31.3. The molecule has 1 aliphatic heterocycles. The van der Waals surface area contributed by atoms with Crippen molar-refractivity contribution in [1.29, 1.82) is 0 Å². The number of aromatic amines is 1. The van der Waals surface area contributed by atoms with Crippen LogP contribution >= 0.6 is 0 Å². The number of nitrogens with one attached hydrogen (secondary N) is 2. The number of hydrogen-bond acceptors (Lipinski definition) is 5. The Morgan fingerprint density at radius 2 is 1.57 bits per heavy atom. The Balaban J connectivity index is 1.46. The summed E-state index contributed by atoms with van der Waals surface area (Å²) in [6, 6.07) is 6.94. The molecule has 0 bridgehead atoms. The van der Waals surface area contributed by atoms with Gasteiger partial charge >= 0.3 is 18.4 Å². The number of aromatic nitrogens is 4. The topological polar surface area (TPSA) is 107 Å². The second kappa shape index (κ2) is 11.1. The van der Waals surface area contributed by atoms with Gasteiger partial charge in [-0.1, -0.05) is 38.0 Å². The van der Waals surface area contributed by atoms with Gasteiger partial charge in [0.05, 0.1) is 23.2 Å². The predicted molar refractivity (Wildman–Crippen MR) is 147 cm³/mol. The molecule has 1 saturated carbocycles. The summed E-state index contributed by atoms with van der Waals surface area (Å²) in [4.78, 5) is 29.0. The monoisotopic (exact) mass is 623 g/mol. The summed E-state index contributed by atoms with van der Waals surface area (Å²) in [6.45, 7) is 6.37. The average Bonchev–Trinajstić information content (AvgIpc) is 3.54. The summed E-state index contributed by atoms with van der Waals surface area (Å²) in [6.07, 6.45) is -7.53. The third-order valence-corrected chi connectivity index (χ3v) is 8.64. The Hall–Kier alpha value is -4.17. The molecule has 2 heterocycles. The molecule has 0 unspecified atom stereocenters. The highest BCUT2D eigenvalue weighted by molar-refractivity contribution is 6.03. The fraction of sp³-hybridized carbons (Fsp3) is 0.483. The quantitative estimate of drug-likeness (QED) is 0.301. The lowest BCUT2D eigenvalue weighted by Crippen LogP contribution is -2.50. The summed E-state index contributed by atoms with van der Waals surface area (Å²) in [5.41, 5.74) is -3.31. The number of H-pyrrole nitrogens is 1. The van der Waals surface area contributed by atoms with Gasteiger partial charge in [-0.3, -0.25) is 15.0 Å². The van der Waals surface area contributed by atoms with Crippen LogP contribution in [0.2, 0.25) is 0 Å². The van der Waals surface area contributed by atoms with Crippen LogP contribution < -0.4 is 10.2 Å². The minimum Gasteiger partial charge on any atom is -0.313 e. The molecule has 0 radical (unpaired) electrons. The van der Waals surface area contributed by atoms with Gasteiger partial charge < -0.3 is 4.90 Å². The van der Waals surface area contributed by atoms with Crippen molar-refractivity contribution < 1.29 is 35.9 Å². The molecular weight excluding hydrogens is 592 g/mol. The van der Waals surface area contributed by atoms with Crippen LogP contribution in [0.5, 0.6) is 0 Å². The molecule has 2 aromatic carbocycles. The van der Waals surface area contributed by atoms with E-state index in [1.54, 1.807) is 17.0 Å². The van der Waals surface area contributed by atoms with Crippen LogP contribution in [0, 0.1) is 11.3 Å². The fourth-order valence-corrected chi connectivity index (χ4v) is 6.11. The number of carbonyl (C=O) groups excluding carboxylic acids is 2. The lowest BCUT2D eigenvalue weighted by Gasteiger charge is -2.45. The maximum atomic E-state index is 13.9. The first-order chi connectivity index (χ1) is 20.5. The Bertz CT molecular complexity index is 1470. The minimum atomic E-state index is -5.04. The van der Waals surface area contributed by atoms with Crippen LogP contribution in [-0.4, -0.2) is 49.5 Å². The number of benzene rings is 2. The maximum Gasteiger partial charge on any atom is 0.416 e. The van der Waals surface area contributed by atoms with Gasteiger partial charge in [-0.05, 0) is 78.1 Å². The Labute approximate surface area is 249 Å². The van der Waals surface area contributed by atoms with Crippen LogP contribution in [0.3, 0.4) is 0 Å². The number of nitrogens with zero attached hydrogens (tertiary/aromatic N) is 5. The van der Waals surface area contributed by atoms with E-state index in [1.165, 1.54) is 12.1 Å². The van der Waals surface area contributed by atoms with Crippen LogP contribution in [0.1, 0.15) is 73.5 Å². The molecule has 1 saturated heterocycles. The van der Waals surface area contributed by atoms with E-state index >= 15 is 0 Å². The van der Waals surface area contributed by atoms with Gasteiger partial charge in [-0.25, -0.2) is 4.79 Å². The van der Waals surface area contributed by atoms with Crippen LogP contribution in [0.4, 0.5) is 42.8 Å². The minimum absolute atomic E-state index is 0.00467. The van der Waals surface area contributed by atoms with Crippen molar-refractivity contribution in [3.05, 3.63) is 64.7 Å². The highest BCUT2D eigenvalue weighted by atomic mass is 19.4. The molecule has 2 fully saturated rings. The number of anilines is 2. The Morgan fingerprint density at radius 3 is 2.07 bits per heavy atom. The number of rotatable bonds is 5. The van der Waals surface area contributed by atoms with Crippen molar-refractivity contribution in [2.45, 2.75) is 70.9 Å². The van der Waals surface area contributed by atoms with E-state index in [4.69, 9.17) is 0 Å². The highest BCUT2D eigenvalue weighted by Crippen LogP contribution is 2.48. The molecule has 2 aliphatic rings. The van der Waals surface area contributed by atoms with Gasteiger partial charge in [0.1, 0.15) is 0 Å². The SMILES string of the molecule is CC(C)(C)C1CCC2(CC1)CN(c1cc(C(F)(F)F)cc(C(F)(F)F)c1)C(=O)N2Cc1ccc(C(=O)Nc2nn[nH]n2)cc1. The van der Waals surface area contributed by atoms with Crippen molar-refractivity contribution in [2.24, 2.45) is 11.3 Å². The largest absolute Gasteiger partial charge is 0.416 e. The van der Waals surface area contributed by atoms with Crippen LogP contribution in [0.25, 0.3) is 0 Å². The normalized spacial score (nSPS) is 21.3. The molecule has 9 nitrogen and oxygen atoms in total. The summed E-state index contributed by atoms with van der Waals surface area (Å²) >= 11 is 0. The number of carbonyl (C=O) groups is 2. The summed E-state index contributed by atoms with van der Waals surface area (Å²) in [7, 11) is 0. The first-order valence-corrected chi connectivity index (χ1v) is 14.0. The first-order valence-electron chi connectivity index (χ1n) is 14.0. The van der Waals surface area contributed by atoms with E-state index in [9.17, 15) is 35.9 Å². The fourth-order valence-electron chi connectivity index (χ4n) is 6.11. The average molecular weight is 624 g/mol. The number of tetrazole rings is 1. The molecule has 1 aromatic heterocycles. The van der Waals surface area contributed by atoms with Crippen molar-refractivity contribution in [3.63, 3.8) is 0 Å². The lowest BCUT2D eigenvalue weighted by molar-refractivity contribution is -0.143. The zero-order valence-corrected chi connectivity index (χ0v) is 24.2. The van der Waals surface area contributed by atoms with Gasteiger partial charge in [0.15, 0.2) is 0 Å². The maximum absolute atomic E-state index is 13.9. The number of hydrogen-bond donors (Lipinski definition) is 2. The summed E-state index contributed by atoms with van der Waals surface area (Å²) in [5, 5.41) is 15.4. The molecule has 15 heteroatoms. The molecule has 3 amide bonds. The molecule has 3 aromatic rings. The van der Waals surface area contributed by atoms with Gasteiger partial charge in [0.2, 0.25) is 0 Å². The van der Waals surface area contributed by atoms with Gasteiger partial charge in [-0.2, -0.15) is 31.6 Å². The van der Waals surface area contributed by atoms with Crippen molar-refractivity contribution in [2.75, 3.05) is 16.8 Å². The third kappa shape index (κ3) is 6.36. The molecule has 1 spiro atoms. The zero-order valence-electron chi connectivity index (χ0n) is 24.2. The van der Waals surface area contributed by atoms with Gasteiger partial charge in [-0.15, -0.1) is 5.10 Å². The number of alkyl halides is 6. The second-order valence-corrected chi connectivity index (χ2v) is 12.5. The molecule has 44 heavy (non-hydrogen) atoms. The Kier molecular flexibility index (Phi) is 7.87. The van der Waals surface area contributed by atoms with E-state index in [-0.39, 0.29) is 36.1 Å². The standard InChI is InChI=1S/C29H31F6N7O2/c1-26(2,3)19-8-10-27(11-9-19)16-41(22-13-20(28(30,31)32)12-21(14-22)29(33,34)35)25(44)42(27)15-17-4-6-18(7-5-17)23(43)36-24-37-39-40-38-24/h4-7,12-14,19H,8-11,15-16H2,1-3H3,(H2,36,37,38,39,40,43).